The highest BCUT2D eigenvalue weighted by Gasteiger charge is 2.30. The molecular formula is C23H34N4. The van der Waals surface area contributed by atoms with Crippen molar-refractivity contribution in [3.05, 3.63) is 35.0 Å². The minimum Gasteiger partial charge on any atom is -0.404 e. The van der Waals surface area contributed by atoms with Gasteiger partial charge in [0.15, 0.2) is 0 Å². The SMILES string of the molecule is CCN1CC(Cc2c(C(C=NC3CC3)=CN)ccc3c2CCC(C)N3C)C1. The van der Waals surface area contributed by atoms with Crippen LogP contribution in [0.15, 0.2) is 23.3 Å². The van der Waals surface area contributed by atoms with Crippen molar-refractivity contribution in [3.63, 3.8) is 0 Å². The molecule has 1 atom stereocenters. The lowest BCUT2D eigenvalue weighted by Crippen LogP contribution is -2.47. The maximum absolute atomic E-state index is 6.05. The zero-order valence-electron chi connectivity index (χ0n) is 17.1. The lowest BCUT2D eigenvalue weighted by atomic mass is 9.82. The summed E-state index contributed by atoms with van der Waals surface area (Å²) in [6, 6.07) is 5.72. The van der Waals surface area contributed by atoms with Gasteiger partial charge in [0.05, 0.1) is 6.04 Å². The molecule has 1 saturated heterocycles. The number of aliphatic imine (C=N–C) groups is 1. The maximum Gasteiger partial charge on any atom is 0.0501 e. The van der Waals surface area contributed by atoms with Crippen molar-refractivity contribution < 1.29 is 0 Å². The third kappa shape index (κ3) is 3.77. The lowest BCUT2D eigenvalue weighted by Gasteiger charge is -2.41. The van der Waals surface area contributed by atoms with E-state index in [2.05, 4.69) is 42.8 Å². The molecule has 2 aliphatic heterocycles. The standard InChI is InChI=1S/C23H34N4/c1-4-27-14-17(15-27)11-22-20(18(12-24)13-25-19-6-7-19)9-10-23-21(22)8-5-16(2)26(23)3/h9-10,12-13,16-17,19H,4-8,11,14-15,24H2,1-3H3. The summed E-state index contributed by atoms with van der Waals surface area (Å²) < 4.78 is 0. The first-order chi connectivity index (χ1) is 13.1. The first-order valence-electron chi connectivity index (χ1n) is 10.7. The molecule has 1 unspecified atom stereocenters. The third-order valence-electron chi connectivity index (χ3n) is 6.69. The van der Waals surface area contributed by atoms with Gasteiger partial charge in [-0.1, -0.05) is 13.0 Å². The molecule has 4 nitrogen and oxygen atoms in total. The number of likely N-dealkylation sites (tertiary alicyclic amines) is 1. The lowest BCUT2D eigenvalue weighted by molar-refractivity contribution is 0.108. The number of rotatable bonds is 6. The Hall–Kier alpha value is -1.81. The Bertz CT molecular complexity index is 741. The van der Waals surface area contributed by atoms with Crippen LogP contribution in [0.2, 0.25) is 0 Å². The van der Waals surface area contributed by atoms with Crippen LogP contribution in [0.4, 0.5) is 5.69 Å². The van der Waals surface area contributed by atoms with Crippen molar-refractivity contribution >= 4 is 17.5 Å². The summed E-state index contributed by atoms with van der Waals surface area (Å²) in [4.78, 5) is 9.69. The molecule has 1 aromatic carbocycles. The highest BCUT2D eigenvalue weighted by atomic mass is 15.2. The number of allylic oxidation sites excluding steroid dienone is 1. The van der Waals surface area contributed by atoms with Gasteiger partial charge in [-0.25, -0.2) is 0 Å². The fraction of sp³-hybridized carbons (Fsp3) is 0.609. The van der Waals surface area contributed by atoms with E-state index < -0.39 is 0 Å². The van der Waals surface area contributed by atoms with Gasteiger partial charge in [-0.15, -0.1) is 0 Å². The smallest absolute Gasteiger partial charge is 0.0501 e. The van der Waals surface area contributed by atoms with Crippen LogP contribution in [0.5, 0.6) is 0 Å². The summed E-state index contributed by atoms with van der Waals surface area (Å²) >= 11 is 0. The first-order valence-corrected chi connectivity index (χ1v) is 10.7. The summed E-state index contributed by atoms with van der Waals surface area (Å²) in [5, 5.41) is 0. The van der Waals surface area contributed by atoms with Gasteiger partial charge in [0, 0.05) is 49.9 Å². The van der Waals surface area contributed by atoms with E-state index in [1.54, 1.807) is 11.8 Å². The van der Waals surface area contributed by atoms with Crippen molar-refractivity contribution in [2.75, 3.05) is 31.6 Å². The predicted molar refractivity (Wildman–Crippen MR) is 116 cm³/mol. The number of nitrogens with two attached hydrogens (primary N) is 1. The van der Waals surface area contributed by atoms with E-state index in [0.29, 0.717) is 12.1 Å². The van der Waals surface area contributed by atoms with E-state index in [0.717, 1.165) is 17.9 Å². The van der Waals surface area contributed by atoms with Crippen LogP contribution in [-0.4, -0.2) is 49.9 Å². The highest BCUT2D eigenvalue weighted by Crippen LogP contribution is 2.38. The number of hydrogen-bond acceptors (Lipinski definition) is 4. The Balaban J connectivity index is 1.69. The molecule has 2 heterocycles. The summed E-state index contributed by atoms with van der Waals surface area (Å²) in [6.07, 6.45) is 9.79. The summed E-state index contributed by atoms with van der Waals surface area (Å²) in [5.41, 5.74) is 12.9. The molecule has 1 saturated carbocycles. The van der Waals surface area contributed by atoms with Gasteiger partial charge in [0.25, 0.3) is 0 Å². The van der Waals surface area contributed by atoms with Crippen molar-refractivity contribution in [2.24, 2.45) is 16.6 Å². The molecule has 1 aromatic rings. The van der Waals surface area contributed by atoms with Crippen LogP contribution < -0.4 is 10.6 Å². The summed E-state index contributed by atoms with van der Waals surface area (Å²) in [6.45, 7) is 8.20. The molecular weight excluding hydrogens is 332 g/mol. The Morgan fingerprint density at radius 2 is 2.04 bits per heavy atom. The van der Waals surface area contributed by atoms with Crippen LogP contribution in [0.25, 0.3) is 5.57 Å². The fourth-order valence-electron chi connectivity index (χ4n) is 4.54. The summed E-state index contributed by atoms with van der Waals surface area (Å²) in [5.74, 6) is 0.763. The molecule has 0 spiro atoms. The molecule has 3 aliphatic rings. The highest BCUT2D eigenvalue weighted by molar-refractivity contribution is 6.10. The van der Waals surface area contributed by atoms with Crippen molar-refractivity contribution in [1.29, 1.82) is 0 Å². The molecule has 4 rings (SSSR count). The van der Waals surface area contributed by atoms with Crippen molar-refractivity contribution in [3.8, 4) is 0 Å². The topological polar surface area (TPSA) is 44.9 Å². The second kappa shape index (κ2) is 7.67. The normalized spacial score (nSPS) is 24.3. The average molecular weight is 367 g/mol. The Morgan fingerprint density at radius 1 is 1.26 bits per heavy atom. The first kappa shape index (κ1) is 18.5. The van der Waals surface area contributed by atoms with E-state index in [4.69, 9.17) is 10.7 Å². The molecule has 27 heavy (non-hydrogen) atoms. The van der Waals surface area contributed by atoms with Gasteiger partial charge in [0.2, 0.25) is 0 Å². The Kier molecular flexibility index (Phi) is 5.27. The fourth-order valence-corrected chi connectivity index (χ4v) is 4.54. The van der Waals surface area contributed by atoms with Crippen molar-refractivity contribution in [1.82, 2.24) is 4.90 Å². The number of fused-ring (bicyclic) bond motifs is 1. The molecule has 0 aromatic heterocycles. The molecule has 0 radical (unpaired) electrons. The molecule has 0 bridgehead atoms. The zero-order valence-corrected chi connectivity index (χ0v) is 17.1. The van der Waals surface area contributed by atoms with Crippen LogP contribution in [0, 0.1) is 5.92 Å². The molecule has 2 fully saturated rings. The van der Waals surface area contributed by atoms with E-state index >= 15 is 0 Å². The molecule has 0 amide bonds. The van der Waals surface area contributed by atoms with E-state index in [-0.39, 0.29) is 0 Å². The van der Waals surface area contributed by atoms with Gasteiger partial charge in [0.1, 0.15) is 0 Å². The van der Waals surface area contributed by atoms with E-state index in [9.17, 15) is 0 Å². The molecule has 2 N–H and O–H groups in total. The van der Waals surface area contributed by atoms with Gasteiger partial charge in [-0.2, -0.15) is 0 Å². The molecule has 4 heteroatoms. The quantitative estimate of drug-likeness (QED) is 0.784. The Morgan fingerprint density at radius 3 is 2.70 bits per heavy atom. The van der Waals surface area contributed by atoms with Crippen LogP contribution in [-0.2, 0) is 12.8 Å². The second-order valence-corrected chi connectivity index (χ2v) is 8.64. The third-order valence-corrected chi connectivity index (χ3v) is 6.69. The number of hydrogen-bond donors (Lipinski definition) is 1. The minimum absolute atomic E-state index is 0.526. The van der Waals surface area contributed by atoms with Crippen LogP contribution >= 0.6 is 0 Å². The molecule has 1 aliphatic carbocycles. The van der Waals surface area contributed by atoms with Gasteiger partial charge in [-0.05, 0) is 74.2 Å². The molecule has 146 valence electrons. The maximum atomic E-state index is 6.05. The van der Waals surface area contributed by atoms with Crippen LogP contribution in [0.1, 0.15) is 49.8 Å². The number of nitrogens with zero attached hydrogens (tertiary/aromatic N) is 3. The average Bonchev–Trinajstić information content (AvgIpc) is 3.46. The number of anilines is 1. The van der Waals surface area contributed by atoms with Gasteiger partial charge >= 0.3 is 0 Å². The largest absolute Gasteiger partial charge is 0.404 e. The predicted octanol–water partition coefficient (Wildman–Crippen LogP) is 3.48. The van der Waals surface area contributed by atoms with Crippen LogP contribution in [0.3, 0.4) is 0 Å². The van der Waals surface area contributed by atoms with E-state index in [1.807, 2.05) is 6.21 Å². The summed E-state index contributed by atoms with van der Waals surface area (Å²) in [7, 11) is 2.24. The minimum atomic E-state index is 0.526. The Labute approximate surface area is 164 Å². The van der Waals surface area contributed by atoms with Gasteiger partial charge in [-0.3, -0.25) is 4.99 Å². The second-order valence-electron chi connectivity index (χ2n) is 8.64. The monoisotopic (exact) mass is 366 g/mol. The van der Waals surface area contributed by atoms with Crippen molar-refractivity contribution in [2.45, 2.75) is 58.0 Å². The zero-order chi connectivity index (χ0) is 19.0. The van der Waals surface area contributed by atoms with E-state index in [1.165, 1.54) is 62.1 Å². The van der Waals surface area contributed by atoms with Gasteiger partial charge < -0.3 is 15.5 Å². The number of benzene rings is 1.